The van der Waals surface area contributed by atoms with Gasteiger partial charge >= 0.3 is 31.7 Å². The highest BCUT2D eigenvalue weighted by Gasteiger charge is 2.54. The number of unbranched alkanes of at least 4 members (excludes halogenated alkanes) is 54. The van der Waals surface area contributed by atoms with Gasteiger partial charge in [0.2, 0.25) is 11.8 Å². The molecule has 2 aliphatic heterocycles. The van der Waals surface area contributed by atoms with Gasteiger partial charge in [-0.1, -0.05) is 388 Å². The fourth-order valence-electron chi connectivity index (χ4n) is 16.7. The Labute approximate surface area is 734 Å². The first kappa shape index (κ1) is 114. The molecular formula is C96H182N3O21P. The van der Waals surface area contributed by atoms with Crippen molar-refractivity contribution in [3.8, 4) is 0 Å². The van der Waals surface area contributed by atoms with Crippen LogP contribution in [0, 0.1) is 0 Å². The molecule has 0 aromatic heterocycles. The number of carbonyl (C=O) groups excluding carboxylic acids is 6. The monoisotopic (exact) mass is 1740 g/mol. The van der Waals surface area contributed by atoms with Crippen molar-refractivity contribution < 1.29 is 101 Å². The Bertz CT molecular complexity index is 2540. The van der Waals surface area contributed by atoms with Gasteiger partial charge in [-0.15, -0.1) is 0 Å². The van der Waals surface area contributed by atoms with E-state index in [1.165, 1.54) is 173 Å². The molecule has 14 atom stereocenters. The van der Waals surface area contributed by atoms with E-state index >= 15 is 4.79 Å². The van der Waals surface area contributed by atoms with Gasteiger partial charge in [-0.05, 0) is 57.8 Å². The summed E-state index contributed by atoms with van der Waals surface area (Å²) in [6.07, 6.45) is 46.9. The molecule has 24 nitrogen and oxygen atoms in total. The molecule has 2 fully saturated rings. The second kappa shape index (κ2) is 77.7. The third-order valence-corrected chi connectivity index (χ3v) is 25.0. The van der Waals surface area contributed by atoms with Gasteiger partial charge in [0.15, 0.2) is 18.7 Å². The van der Waals surface area contributed by atoms with Crippen LogP contribution < -0.4 is 16.5 Å². The highest BCUT2D eigenvalue weighted by molar-refractivity contribution is 7.47. The van der Waals surface area contributed by atoms with E-state index in [2.05, 4.69) is 56.8 Å². The van der Waals surface area contributed by atoms with Crippen LogP contribution in [0.2, 0.25) is 0 Å². The number of rotatable bonds is 85. The average Bonchev–Trinajstić information content (AvgIpc) is 0.777. The number of amides is 2. The summed E-state index contributed by atoms with van der Waals surface area (Å²) < 4.78 is 66.8. The van der Waals surface area contributed by atoms with E-state index < -0.39 is 149 Å². The van der Waals surface area contributed by atoms with E-state index in [1.807, 2.05) is 0 Å². The van der Waals surface area contributed by atoms with Crippen molar-refractivity contribution in [3.05, 3.63) is 0 Å². The second-order valence-electron chi connectivity index (χ2n) is 35.5. The summed E-state index contributed by atoms with van der Waals surface area (Å²) >= 11 is 0. The lowest BCUT2D eigenvalue weighted by molar-refractivity contribution is -0.298. The molecule has 121 heavy (non-hydrogen) atoms. The van der Waals surface area contributed by atoms with Crippen molar-refractivity contribution in [3.63, 3.8) is 0 Å². The van der Waals surface area contributed by atoms with Crippen LogP contribution in [-0.4, -0.2) is 154 Å². The predicted molar refractivity (Wildman–Crippen MR) is 481 cm³/mol. The summed E-state index contributed by atoms with van der Waals surface area (Å²) in [5.41, 5.74) is 0. The smallest absolute Gasteiger partial charge is 0.462 e. The summed E-state index contributed by atoms with van der Waals surface area (Å²) in [7, 11) is -5.31. The van der Waals surface area contributed by atoms with Crippen LogP contribution in [0.5, 0.6) is 0 Å². The molecule has 9 N–H and O–H groups in total. The van der Waals surface area contributed by atoms with E-state index in [4.69, 9.17) is 43.6 Å². The van der Waals surface area contributed by atoms with Crippen molar-refractivity contribution in [1.29, 1.82) is 0 Å². The molecular weight excluding hydrogens is 1560 g/mol. The number of nitrogens with one attached hydrogen (secondary N) is 2. The molecule has 0 saturated carbocycles. The maximum Gasteiger partial charge on any atom is 0.489 e. The number of ether oxygens (including phenoxy) is 7. The zero-order chi connectivity index (χ0) is 88.5. The average molecular weight is 1750 g/mol. The highest BCUT2D eigenvalue weighted by Crippen LogP contribution is 2.46. The first-order valence-electron chi connectivity index (χ1n) is 50.1. The van der Waals surface area contributed by atoms with E-state index in [1.54, 1.807) is 0 Å². The molecule has 0 bridgehead atoms. The van der Waals surface area contributed by atoms with Gasteiger partial charge in [0.05, 0.1) is 32.5 Å². The number of phosphoric ester groups is 1. The Kier molecular flexibility index (Phi) is 73.0. The molecule has 712 valence electrons. The topological polar surface area (TPSA) is 354 Å². The van der Waals surface area contributed by atoms with Gasteiger partial charge in [-0.3, -0.25) is 33.3 Å². The van der Waals surface area contributed by atoms with Gasteiger partial charge < -0.3 is 69.1 Å². The fourth-order valence-corrected chi connectivity index (χ4v) is 17.3. The van der Waals surface area contributed by atoms with E-state index in [-0.39, 0.29) is 25.7 Å². The standard InChI is InChI=1S/C96H182N3O21P/c1-7-13-19-25-31-37-40-46-52-58-64-70-85(103)113-78(67-61-55-49-43-34-28-22-16-10-4)73-83(101)98-89-92(108)91(107)82(116-95(89)109)77-112-96-90(99-84(102)74-79(68-62-56-50-44-35-29-23-17-11-5)114-86(104)71-65-59-53-47-41-38-32-26-20-14-8-2)94(93(81(76-100)117-96)119-121(110,111)120-97)118-88(106)75-80(69-63-57-51-45-36-30-24-18-12-6)115-87(105)72-66-60-54-48-42-39-33-27-21-15-9-3/h78-82,89-96,100,107-109H,7-77,97H2,1-6H3,(H,98,101)(H,99,102)(H,110,111)/t78-,79-,80-,81?,82?,89?,90?,91-,92?,93-,94?,95+,96-/m1/s1. The number of hydrogen-bond donors (Lipinski definition) is 8. The minimum atomic E-state index is -5.31. The fraction of sp³-hybridized carbons (Fsp3) is 0.938. The van der Waals surface area contributed by atoms with Crippen molar-refractivity contribution in [1.82, 2.24) is 10.6 Å². The first-order chi connectivity index (χ1) is 58.8. The molecule has 2 rings (SSSR count). The Morgan fingerprint density at radius 3 is 0.934 bits per heavy atom. The summed E-state index contributed by atoms with van der Waals surface area (Å²) in [5.74, 6) is 1.54. The van der Waals surface area contributed by atoms with Crippen molar-refractivity contribution in [2.45, 2.75) is 564 Å². The van der Waals surface area contributed by atoms with Gasteiger partial charge in [0.1, 0.15) is 60.9 Å². The number of phosphoric acid groups is 1. The van der Waals surface area contributed by atoms with Gasteiger partial charge in [-0.2, -0.15) is 0 Å². The van der Waals surface area contributed by atoms with Gasteiger partial charge in [-0.25, -0.2) is 15.1 Å². The number of aliphatic hydroxyl groups is 4. The van der Waals surface area contributed by atoms with Crippen molar-refractivity contribution >= 4 is 43.5 Å². The molecule has 2 saturated heterocycles. The molecule has 7 unspecified atom stereocenters. The van der Waals surface area contributed by atoms with Gasteiger partial charge in [0, 0.05) is 19.3 Å². The largest absolute Gasteiger partial charge is 0.489 e. The number of nitrogens with two attached hydrogens (primary N) is 1. The minimum Gasteiger partial charge on any atom is -0.462 e. The van der Waals surface area contributed by atoms with E-state index in [0.717, 1.165) is 173 Å². The zero-order valence-corrected chi connectivity index (χ0v) is 78.4. The van der Waals surface area contributed by atoms with Crippen LogP contribution in [0.4, 0.5) is 0 Å². The Morgan fingerprint density at radius 1 is 0.355 bits per heavy atom. The summed E-state index contributed by atoms with van der Waals surface area (Å²) in [5, 5.41) is 52.0. The minimum absolute atomic E-state index is 0.127. The Balaban J connectivity index is 2.61. The lowest BCUT2D eigenvalue weighted by Gasteiger charge is -2.46. The second-order valence-corrected chi connectivity index (χ2v) is 36.9. The highest BCUT2D eigenvalue weighted by atomic mass is 31.2. The quantitative estimate of drug-likeness (QED) is 0.00922. The van der Waals surface area contributed by atoms with Crippen LogP contribution in [-0.2, 0) is 75.6 Å². The molecule has 2 amide bonds. The zero-order valence-electron chi connectivity index (χ0n) is 77.5. The van der Waals surface area contributed by atoms with E-state index in [9.17, 15) is 53.9 Å². The number of aliphatic hydroxyl groups excluding tert-OH is 4. The van der Waals surface area contributed by atoms with E-state index in [0.29, 0.717) is 57.8 Å². The Morgan fingerprint density at radius 2 is 0.636 bits per heavy atom. The lowest BCUT2D eigenvalue weighted by atomic mass is 9.95. The first-order valence-corrected chi connectivity index (χ1v) is 51.6. The molecule has 25 heteroatoms. The molecule has 2 heterocycles. The number of carbonyl (C=O) groups is 6. The van der Waals surface area contributed by atoms with Crippen LogP contribution in [0.15, 0.2) is 0 Å². The molecule has 0 radical (unpaired) electrons. The third-order valence-electron chi connectivity index (χ3n) is 24.2. The van der Waals surface area contributed by atoms with Gasteiger partial charge in [0.25, 0.3) is 0 Å². The maximum absolute atomic E-state index is 15.1. The predicted octanol–water partition coefficient (Wildman–Crippen LogP) is 22.2. The maximum atomic E-state index is 15.1. The van der Waals surface area contributed by atoms with Crippen LogP contribution >= 0.6 is 7.82 Å². The summed E-state index contributed by atoms with van der Waals surface area (Å²) in [6.45, 7) is 11.4. The molecule has 0 aromatic carbocycles. The normalized spacial score (nSPS) is 20.5. The SMILES string of the molecule is CCCCCCCCCCCCCC(=O)O[C@H](CCCCCCCCCCC)CC(=O)NC1C(OC(=O)C[C@@H](CCCCCCCCCCC)OC(=O)CCCCCCCCCCCCC)[C@H](OP(=O)(O)ON)C(CO)O[C@H]1OCC1O[C@H](O)C(NC(=O)C[C@@H](CCCCCCCCCCC)OC(=O)CCCCCCCCCCCCC)C(O)[C@@H]1O. The molecule has 0 aromatic rings. The van der Waals surface area contributed by atoms with Crippen LogP contribution in [0.1, 0.15) is 485 Å². The lowest BCUT2D eigenvalue weighted by Crippen LogP contribution is -2.67. The number of esters is 4. The molecule has 2 aliphatic rings. The Hall–Kier alpha value is -3.39. The van der Waals surface area contributed by atoms with Crippen LogP contribution in [0.3, 0.4) is 0 Å². The molecule has 0 spiro atoms. The third kappa shape index (κ3) is 60.1. The summed E-state index contributed by atoms with van der Waals surface area (Å²) in [4.78, 5) is 96.1. The number of hydrogen-bond acceptors (Lipinski definition) is 21. The van der Waals surface area contributed by atoms with Crippen LogP contribution in [0.25, 0.3) is 0 Å². The summed E-state index contributed by atoms with van der Waals surface area (Å²) in [6, 6.07) is -3.36. The van der Waals surface area contributed by atoms with Crippen molar-refractivity contribution in [2.75, 3.05) is 13.2 Å². The van der Waals surface area contributed by atoms with Crippen molar-refractivity contribution in [2.24, 2.45) is 5.90 Å². The molecule has 0 aliphatic carbocycles.